The third kappa shape index (κ3) is 3.78. The molecule has 4 rings (SSSR count). The lowest BCUT2D eigenvalue weighted by atomic mass is 10.0. The molecule has 30 heavy (non-hydrogen) atoms. The highest BCUT2D eigenvalue weighted by molar-refractivity contribution is 7.20. The second kappa shape index (κ2) is 8.24. The van der Waals surface area contributed by atoms with E-state index in [4.69, 9.17) is 29.8 Å². The standard InChI is InChI=1S/C20H12Cl2N6OS/c1-10(29)26-16-7-11(5-6-24-16)19-18(23-2)17(13-4-3-12(21)8-14(13)22)20(30-19)15-9-25-28-27-15/h3-9H,1H3,(H,24,26,29)(H,25,27,28). The highest BCUT2D eigenvalue weighted by atomic mass is 35.5. The van der Waals surface area contributed by atoms with E-state index < -0.39 is 0 Å². The van der Waals surface area contributed by atoms with E-state index in [2.05, 4.69) is 30.6 Å². The Hall–Kier alpha value is -3.25. The van der Waals surface area contributed by atoms with E-state index >= 15 is 0 Å². The van der Waals surface area contributed by atoms with Crippen molar-refractivity contribution in [1.82, 2.24) is 20.4 Å². The molecule has 0 saturated carbocycles. The number of H-pyrrole nitrogens is 1. The molecule has 0 fully saturated rings. The SMILES string of the molecule is [C-]#[N+]c1c(-c2ccnc(NC(C)=O)c2)sc(-c2cnn[nH]2)c1-c1ccc(Cl)cc1Cl. The van der Waals surface area contributed by atoms with Gasteiger partial charge in [-0.2, -0.15) is 0 Å². The molecule has 3 heterocycles. The zero-order valence-corrected chi connectivity index (χ0v) is 17.7. The van der Waals surface area contributed by atoms with Crippen molar-refractivity contribution in [2.24, 2.45) is 0 Å². The topological polar surface area (TPSA) is 87.9 Å². The van der Waals surface area contributed by atoms with Crippen LogP contribution in [0, 0.1) is 6.57 Å². The summed E-state index contributed by atoms with van der Waals surface area (Å²) >= 11 is 13.9. The summed E-state index contributed by atoms with van der Waals surface area (Å²) in [6.07, 6.45) is 3.17. The zero-order chi connectivity index (χ0) is 21.3. The number of thiophene rings is 1. The largest absolute Gasteiger partial charge is 0.311 e. The molecular weight excluding hydrogens is 443 g/mol. The van der Waals surface area contributed by atoms with Crippen molar-refractivity contribution < 1.29 is 4.79 Å². The molecule has 7 nitrogen and oxygen atoms in total. The van der Waals surface area contributed by atoms with Gasteiger partial charge in [0, 0.05) is 33.6 Å². The van der Waals surface area contributed by atoms with Crippen LogP contribution in [0.25, 0.3) is 37.0 Å². The first kappa shape index (κ1) is 20.0. The summed E-state index contributed by atoms with van der Waals surface area (Å²) in [5, 5.41) is 14.1. The maximum atomic E-state index is 11.4. The summed E-state index contributed by atoms with van der Waals surface area (Å²) in [6, 6.07) is 8.66. The average molecular weight is 455 g/mol. The lowest BCUT2D eigenvalue weighted by Gasteiger charge is -2.07. The normalized spacial score (nSPS) is 10.6. The van der Waals surface area contributed by atoms with E-state index in [0.29, 0.717) is 43.2 Å². The highest BCUT2D eigenvalue weighted by Crippen LogP contribution is 2.53. The first-order valence-corrected chi connectivity index (χ1v) is 10.1. The second-order valence-corrected chi connectivity index (χ2v) is 8.07. The number of halogens is 2. The molecule has 148 valence electrons. The highest BCUT2D eigenvalue weighted by Gasteiger charge is 2.24. The smallest absolute Gasteiger partial charge is 0.222 e. The minimum Gasteiger partial charge on any atom is -0.311 e. The molecule has 1 aromatic carbocycles. The molecule has 0 aliphatic rings. The number of benzene rings is 1. The van der Waals surface area contributed by atoms with Gasteiger partial charge >= 0.3 is 0 Å². The van der Waals surface area contributed by atoms with Gasteiger partial charge in [0.15, 0.2) is 0 Å². The van der Waals surface area contributed by atoms with E-state index in [1.807, 2.05) is 0 Å². The number of amides is 1. The number of carbonyl (C=O) groups is 1. The van der Waals surface area contributed by atoms with Gasteiger partial charge in [0.1, 0.15) is 5.82 Å². The van der Waals surface area contributed by atoms with Crippen LogP contribution < -0.4 is 5.32 Å². The van der Waals surface area contributed by atoms with Crippen LogP contribution in [-0.4, -0.2) is 26.3 Å². The number of rotatable bonds is 4. The first-order valence-electron chi connectivity index (χ1n) is 8.58. The van der Waals surface area contributed by atoms with Gasteiger partial charge in [0.2, 0.25) is 11.6 Å². The van der Waals surface area contributed by atoms with E-state index in [-0.39, 0.29) is 5.91 Å². The van der Waals surface area contributed by atoms with Crippen LogP contribution in [0.15, 0.2) is 42.7 Å². The number of aromatic nitrogens is 4. The molecule has 0 aliphatic heterocycles. The quantitative estimate of drug-likeness (QED) is 0.365. The molecule has 0 spiro atoms. The maximum absolute atomic E-state index is 11.4. The summed E-state index contributed by atoms with van der Waals surface area (Å²) in [4.78, 5) is 20.9. The maximum Gasteiger partial charge on any atom is 0.222 e. The van der Waals surface area contributed by atoms with Gasteiger partial charge in [-0.15, -0.1) is 16.4 Å². The molecule has 0 aliphatic carbocycles. The molecule has 0 radical (unpaired) electrons. The lowest BCUT2D eigenvalue weighted by molar-refractivity contribution is -0.114. The Morgan fingerprint density at radius 1 is 1.23 bits per heavy atom. The zero-order valence-electron chi connectivity index (χ0n) is 15.4. The van der Waals surface area contributed by atoms with E-state index in [1.165, 1.54) is 18.3 Å². The number of pyridine rings is 1. The molecule has 0 bridgehead atoms. The number of aromatic amines is 1. The summed E-state index contributed by atoms with van der Waals surface area (Å²) in [7, 11) is 0. The Balaban J connectivity index is 1.98. The fourth-order valence-electron chi connectivity index (χ4n) is 2.98. The molecule has 0 atom stereocenters. The average Bonchev–Trinajstić information content (AvgIpc) is 3.35. The van der Waals surface area contributed by atoms with Gasteiger partial charge in [-0.3, -0.25) is 9.89 Å². The van der Waals surface area contributed by atoms with Crippen molar-refractivity contribution in [1.29, 1.82) is 0 Å². The minimum absolute atomic E-state index is 0.228. The van der Waals surface area contributed by atoms with Crippen molar-refractivity contribution >= 4 is 52.0 Å². The number of hydrogen-bond donors (Lipinski definition) is 2. The third-order valence-corrected chi connectivity index (χ3v) is 5.99. The van der Waals surface area contributed by atoms with Gasteiger partial charge in [0.25, 0.3) is 0 Å². The summed E-state index contributed by atoms with van der Waals surface area (Å²) in [6.45, 7) is 9.29. The van der Waals surface area contributed by atoms with Crippen LogP contribution in [0.3, 0.4) is 0 Å². The number of carbonyl (C=O) groups excluding carboxylic acids is 1. The van der Waals surface area contributed by atoms with Gasteiger partial charge in [-0.1, -0.05) is 34.5 Å². The molecule has 10 heteroatoms. The fourth-order valence-corrected chi connectivity index (χ4v) is 4.70. The van der Waals surface area contributed by atoms with Crippen molar-refractivity contribution in [3.63, 3.8) is 0 Å². The summed E-state index contributed by atoms with van der Waals surface area (Å²) in [5.41, 5.74) is 3.17. The number of nitrogens with one attached hydrogen (secondary N) is 2. The van der Waals surface area contributed by atoms with Crippen molar-refractivity contribution in [3.8, 4) is 32.1 Å². The van der Waals surface area contributed by atoms with Crippen LogP contribution in [-0.2, 0) is 4.79 Å². The van der Waals surface area contributed by atoms with Crippen molar-refractivity contribution in [2.75, 3.05) is 5.32 Å². The Morgan fingerprint density at radius 2 is 2.07 bits per heavy atom. The summed E-state index contributed by atoms with van der Waals surface area (Å²) in [5.74, 6) is 0.175. The molecule has 0 unspecified atom stereocenters. The predicted octanol–water partition coefficient (Wildman–Crippen LogP) is 6.08. The Bertz CT molecular complexity index is 1290. The fraction of sp³-hybridized carbons (Fsp3) is 0.0500. The lowest BCUT2D eigenvalue weighted by Crippen LogP contribution is -2.07. The molecule has 1 amide bonds. The Kier molecular flexibility index (Phi) is 5.50. The molecule has 3 aromatic heterocycles. The van der Waals surface area contributed by atoms with E-state index in [1.54, 1.807) is 42.7 Å². The van der Waals surface area contributed by atoms with Gasteiger partial charge in [-0.05, 0) is 35.4 Å². The molecule has 2 N–H and O–H groups in total. The third-order valence-electron chi connectivity index (χ3n) is 4.18. The van der Waals surface area contributed by atoms with Crippen molar-refractivity contribution in [3.05, 3.63) is 64.2 Å². The van der Waals surface area contributed by atoms with Crippen molar-refractivity contribution in [2.45, 2.75) is 6.92 Å². The van der Waals surface area contributed by atoms with Crippen LogP contribution in [0.5, 0.6) is 0 Å². The molecule has 4 aromatic rings. The first-order chi connectivity index (χ1) is 14.5. The molecule has 0 saturated heterocycles. The predicted molar refractivity (Wildman–Crippen MR) is 119 cm³/mol. The number of anilines is 1. The Morgan fingerprint density at radius 3 is 2.73 bits per heavy atom. The second-order valence-electron chi connectivity index (χ2n) is 6.20. The Labute approximate surface area is 185 Å². The number of nitrogens with zero attached hydrogens (tertiary/aromatic N) is 4. The van der Waals surface area contributed by atoms with E-state index in [9.17, 15) is 4.79 Å². The monoisotopic (exact) mass is 454 g/mol. The van der Waals surface area contributed by atoms with Crippen LogP contribution in [0.4, 0.5) is 11.5 Å². The van der Waals surface area contributed by atoms with Gasteiger partial charge in [-0.25, -0.2) is 9.83 Å². The minimum atomic E-state index is -0.228. The van der Waals surface area contributed by atoms with Gasteiger partial charge < -0.3 is 5.32 Å². The van der Waals surface area contributed by atoms with Gasteiger partial charge in [0.05, 0.1) is 23.3 Å². The molecular formula is C20H12Cl2N6OS. The van der Waals surface area contributed by atoms with Crippen LogP contribution in [0.2, 0.25) is 10.0 Å². The van der Waals surface area contributed by atoms with Crippen LogP contribution >= 0.6 is 34.5 Å². The van der Waals surface area contributed by atoms with Crippen LogP contribution in [0.1, 0.15) is 6.92 Å². The van der Waals surface area contributed by atoms with E-state index in [0.717, 1.165) is 10.4 Å². The number of hydrogen-bond acceptors (Lipinski definition) is 5. The summed E-state index contributed by atoms with van der Waals surface area (Å²) < 4.78 is 0.